The molecule has 18 heavy (non-hydrogen) atoms. The van der Waals surface area contributed by atoms with Gasteiger partial charge in [0.2, 0.25) is 5.91 Å². The maximum atomic E-state index is 13.1. The zero-order valence-corrected chi connectivity index (χ0v) is 11.4. The molecule has 0 fully saturated rings. The van der Waals surface area contributed by atoms with Gasteiger partial charge in [-0.05, 0) is 30.0 Å². The fraction of sp³-hybridized carbons (Fsp3) is 0.500. The number of nitrogens with one attached hydrogen (secondary N) is 1. The van der Waals surface area contributed by atoms with Crippen LogP contribution in [-0.2, 0) is 4.79 Å². The number of hydrogen-bond donors (Lipinski definition) is 2. The molecule has 100 valence electrons. The third kappa shape index (κ3) is 4.11. The molecule has 3 nitrogen and oxygen atoms in total. The average molecular weight is 252 g/mol. The van der Waals surface area contributed by atoms with Crippen molar-refractivity contribution in [2.45, 2.75) is 40.2 Å². The molecule has 3 N–H and O–H groups in total. The summed E-state index contributed by atoms with van der Waals surface area (Å²) in [5, 5.41) is 2.70. The first-order chi connectivity index (χ1) is 8.20. The standard InChI is InChI=1S/C14H21FN2O/c1-9-5-6-10(15)7-11(9)17-13(18)8-12(16)14(2,3)4/h5-7,12H,8,16H2,1-4H3,(H,17,18). The second-order valence-electron chi connectivity index (χ2n) is 5.68. The fourth-order valence-electron chi connectivity index (χ4n) is 1.44. The summed E-state index contributed by atoms with van der Waals surface area (Å²) < 4.78 is 13.1. The maximum absolute atomic E-state index is 13.1. The van der Waals surface area contributed by atoms with Crippen LogP contribution >= 0.6 is 0 Å². The minimum Gasteiger partial charge on any atom is -0.327 e. The number of amides is 1. The lowest BCUT2D eigenvalue weighted by Gasteiger charge is -2.26. The summed E-state index contributed by atoms with van der Waals surface area (Å²) in [5.41, 5.74) is 7.14. The monoisotopic (exact) mass is 252 g/mol. The van der Waals surface area contributed by atoms with Gasteiger partial charge >= 0.3 is 0 Å². The zero-order chi connectivity index (χ0) is 13.9. The number of anilines is 1. The Balaban J connectivity index is 2.68. The van der Waals surface area contributed by atoms with E-state index in [-0.39, 0.29) is 29.6 Å². The number of carbonyl (C=O) groups is 1. The molecule has 0 aliphatic carbocycles. The van der Waals surface area contributed by atoms with Crippen molar-refractivity contribution in [3.05, 3.63) is 29.6 Å². The molecule has 0 saturated carbocycles. The predicted octanol–water partition coefficient (Wildman–Crippen LogP) is 2.84. The van der Waals surface area contributed by atoms with Crippen LogP contribution in [0.25, 0.3) is 0 Å². The normalized spacial score (nSPS) is 13.2. The van der Waals surface area contributed by atoms with Crippen molar-refractivity contribution in [2.75, 3.05) is 5.32 Å². The molecule has 0 bridgehead atoms. The van der Waals surface area contributed by atoms with Crippen molar-refractivity contribution >= 4 is 11.6 Å². The Labute approximate surface area is 108 Å². The van der Waals surface area contributed by atoms with Gasteiger partial charge in [0.1, 0.15) is 5.82 Å². The predicted molar refractivity (Wildman–Crippen MR) is 71.8 cm³/mol. The van der Waals surface area contributed by atoms with Gasteiger partial charge in [-0.2, -0.15) is 0 Å². The lowest BCUT2D eigenvalue weighted by molar-refractivity contribution is -0.117. The first-order valence-corrected chi connectivity index (χ1v) is 6.01. The van der Waals surface area contributed by atoms with Crippen LogP contribution in [0.15, 0.2) is 18.2 Å². The molecule has 0 saturated heterocycles. The maximum Gasteiger partial charge on any atom is 0.225 e. The van der Waals surface area contributed by atoms with Gasteiger partial charge in [0, 0.05) is 18.2 Å². The molecule has 0 radical (unpaired) electrons. The second-order valence-corrected chi connectivity index (χ2v) is 5.68. The highest BCUT2D eigenvalue weighted by Crippen LogP contribution is 2.21. The summed E-state index contributed by atoms with van der Waals surface area (Å²) in [6, 6.07) is 4.09. The highest BCUT2D eigenvalue weighted by Gasteiger charge is 2.23. The molecular formula is C14H21FN2O. The third-order valence-corrected chi connectivity index (χ3v) is 2.99. The van der Waals surface area contributed by atoms with Gasteiger partial charge in [0.05, 0.1) is 0 Å². The minimum atomic E-state index is -0.365. The van der Waals surface area contributed by atoms with Crippen molar-refractivity contribution in [1.82, 2.24) is 0 Å². The third-order valence-electron chi connectivity index (χ3n) is 2.99. The van der Waals surface area contributed by atoms with Gasteiger partial charge in [-0.1, -0.05) is 26.8 Å². The Hall–Kier alpha value is -1.42. The molecule has 1 atom stereocenters. The number of carbonyl (C=O) groups excluding carboxylic acids is 1. The van der Waals surface area contributed by atoms with Gasteiger partial charge in [0.15, 0.2) is 0 Å². The number of aryl methyl sites for hydroxylation is 1. The molecular weight excluding hydrogens is 231 g/mol. The van der Waals surface area contributed by atoms with E-state index < -0.39 is 0 Å². The number of halogens is 1. The quantitative estimate of drug-likeness (QED) is 0.869. The van der Waals surface area contributed by atoms with E-state index in [4.69, 9.17) is 5.73 Å². The Morgan fingerprint density at radius 2 is 2.06 bits per heavy atom. The van der Waals surface area contributed by atoms with E-state index in [0.717, 1.165) is 5.56 Å². The summed E-state index contributed by atoms with van der Waals surface area (Å²) in [4.78, 5) is 11.8. The van der Waals surface area contributed by atoms with E-state index in [1.807, 2.05) is 27.7 Å². The molecule has 1 unspecified atom stereocenters. The summed E-state index contributed by atoms with van der Waals surface area (Å²) in [7, 11) is 0. The van der Waals surface area contributed by atoms with Crippen molar-refractivity contribution in [3.63, 3.8) is 0 Å². The highest BCUT2D eigenvalue weighted by atomic mass is 19.1. The Morgan fingerprint density at radius 1 is 1.44 bits per heavy atom. The van der Waals surface area contributed by atoms with Crippen molar-refractivity contribution in [2.24, 2.45) is 11.1 Å². The number of hydrogen-bond acceptors (Lipinski definition) is 2. The number of benzene rings is 1. The molecule has 0 aliphatic rings. The van der Waals surface area contributed by atoms with Gasteiger partial charge in [0.25, 0.3) is 0 Å². The second kappa shape index (κ2) is 5.48. The van der Waals surface area contributed by atoms with E-state index in [2.05, 4.69) is 5.32 Å². The van der Waals surface area contributed by atoms with E-state index >= 15 is 0 Å². The lowest BCUT2D eigenvalue weighted by atomic mass is 9.85. The van der Waals surface area contributed by atoms with Gasteiger partial charge in [-0.15, -0.1) is 0 Å². The van der Waals surface area contributed by atoms with Crippen LogP contribution in [0.2, 0.25) is 0 Å². The van der Waals surface area contributed by atoms with Crippen LogP contribution < -0.4 is 11.1 Å². The molecule has 1 aromatic carbocycles. The van der Waals surface area contributed by atoms with Crippen molar-refractivity contribution < 1.29 is 9.18 Å². The summed E-state index contributed by atoms with van der Waals surface area (Å²) >= 11 is 0. The van der Waals surface area contributed by atoms with Crippen LogP contribution in [0, 0.1) is 18.2 Å². The summed E-state index contributed by atoms with van der Waals surface area (Å²) in [6.07, 6.45) is 0.222. The van der Waals surface area contributed by atoms with Crippen LogP contribution in [0.3, 0.4) is 0 Å². The van der Waals surface area contributed by atoms with Crippen LogP contribution in [-0.4, -0.2) is 11.9 Å². The molecule has 0 aromatic heterocycles. The fourth-order valence-corrected chi connectivity index (χ4v) is 1.44. The molecule has 0 heterocycles. The Morgan fingerprint density at radius 3 is 2.61 bits per heavy atom. The first kappa shape index (κ1) is 14.6. The molecule has 1 amide bonds. The van der Waals surface area contributed by atoms with Crippen LogP contribution in [0.5, 0.6) is 0 Å². The Bertz CT molecular complexity index is 438. The van der Waals surface area contributed by atoms with Crippen LogP contribution in [0.1, 0.15) is 32.8 Å². The van der Waals surface area contributed by atoms with E-state index in [9.17, 15) is 9.18 Å². The minimum absolute atomic E-state index is 0.131. The summed E-state index contributed by atoms with van der Waals surface area (Å²) in [5.74, 6) is -0.554. The lowest BCUT2D eigenvalue weighted by Crippen LogP contribution is -2.38. The Kier molecular flexibility index (Phi) is 4.46. The van der Waals surface area contributed by atoms with Gasteiger partial charge in [-0.25, -0.2) is 4.39 Å². The molecule has 1 rings (SSSR count). The topological polar surface area (TPSA) is 55.1 Å². The van der Waals surface area contributed by atoms with Gasteiger partial charge in [-0.3, -0.25) is 4.79 Å². The molecule has 1 aromatic rings. The molecule has 0 aliphatic heterocycles. The van der Waals surface area contributed by atoms with Crippen LogP contribution in [0.4, 0.5) is 10.1 Å². The SMILES string of the molecule is Cc1ccc(F)cc1NC(=O)CC(N)C(C)(C)C. The highest BCUT2D eigenvalue weighted by molar-refractivity contribution is 5.91. The number of nitrogens with two attached hydrogens (primary N) is 1. The average Bonchev–Trinajstić information content (AvgIpc) is 2.22. The number of rotatable bonds is 3. The largest absolute Gasteiger partial charge is 0.327 e. The zero-order valence-electron chi connectivity index (χ0n) is 11.4. The molecule has 4 heteroatoms. The van der Waals surface area contributed by atoms with E-state index in [0.29, 0.717) is 5.69 Å². The smallest absolute Gasteiger partial charge is 0.225 e. The van der Waals surface area contributed by atoms with E-state index in [1.54, 1.807) is 6.07 Å². The van der Waals surface area contributed by atoms with Crippen molar-refractivity contribution in [1.29, 1.82) is 0 Å². The molecule has 0 spiro atoms. The van der Waals surface area contributed by atoms with Gasteiger partial charge < -0.3 is 11.1 Å². The summed E-state index contributed by atoms with van der Waals surface area (Å²) in [6.45, 7) is 7.77. The van der Waals surface area contributed by atoms with Crippen molar-refractivity contribution in [3.8, 4) is 0 Å². The van der Waals surface area contributed by atoms with E-state index in [1.165, 1.54) is 12.1 Å². The first-order valence-electron chi connectivity index (χ1n) is 6.01.